The maximum atomic E-state index is 5.30. The summed E-state index contributed by atoms with van der Waals surface area (Å²) in [5.74, 6) is 0.895. The number of methoxy groups -OCH3 is 2. The lowest BCUT2D eigenvalue weighted by atomic mass is 10.6. The van der Waals surface area contributed by atoms with E-state index in [1.54, 1.807) is 14.2 Å². The fourth-order valence-electron chi connectivity index (χ4n) is 1.12. The monoisotopic (exact) mass is 257 g/mol. The van der Waals surface area contributed by atoms with Crippen LogP contribution in [0.25, 0.3) is 0 Å². The molecule has 1 aromatic heterocycles. The Bertz CT molecular complexity index is 328. The molecule has 0 saturated heterocycles. The second-order valence-corrected chi connectivity index (χ2v) is 3.25. The standard InChI is InChI=1S/C10H19N5O3/c1-11-8-13-9(15-10(14-8)17-3)12-4-5-18-7-6-16-2/h4-7H2,1-3H3,(H2,11,12,13,14,15). The molecule has 1 aromatic rings. The third kappa shape index (κ3) is 5.11. The van der Waals surface area contributed by atoms with Crippen molar-refractivity contribution in [3.05, 3.63) is 0 Å². The van der Waals surface area contributed by atoms with Crippen LogP contribution in [0.2, 0.25) is 0 Å². The normalized spacial score (nSPS) is 10.2. The Morgan fingerprint density at radius 3 is 2.44 bits per heavy atom. The van der Waals surface area contributed by atoms with Crippen LogP contribution in [0, 0.1) is 0 Å². The molecule has 0 fully saturated rings. The quantitative estimate of drug-likeness (QED) is 0.597. The minimum atomic E-state index is 0.261. The molecular weight excluding hydrogens is 238 g/mol. The second kappa shape index (κ2) is 8.43. The third-order valence-electron chi connectivity index (χ3n) is 1.98. The minimum Gasteiger partial charge on any atom is -0.467 e. The number of nitrogens with zero attached hydrogens (tertiary/aromatic N) is 3. The molecule has 0 aliphatic carbocycles. The summed E-state index contributed by atoms with van der Waals surface area (Å²) in [5, 5.41) is 5.85. The predicted molar refractivity (Wildman–Crippen MR) is 67.1 cm³/mol. The first-order valence-corrected chi connectivity index (χ1v) is 5.58. The van der Waals surface area contributed by atoms with Gasteiger partial charge in [-0.15, -0.1) is 0 Å². The van der Waals surface area contributed by atoms with Crippen molar-refractivity contribution in [1.82, 2.24) is 15.0 Å². The van der Waals surface area contributed by atoms with E-state index in [4.69, 9.17) is 14.2 Å². The number of aromatic nitrogens is 3. The van der Waals surface area contributed by atoms with Crippen molar-refractivity contribution in [3.63, 3.8) is 0 Å². The van der Waals surface area contributed by atoms with E-state index in [1.807, 2.05) is 0 Å². The summed E-state index contributed by atoms with van der Waals surface area (Å²) in [6, 6.07) is 0.261. The number of anilines is 2. The number of rotatable bonds is 9. The summed E-state index contributed by atoms with van der Waals surface area (Å²) >= 11 is 0. The SMILES string of the molecule is CNc1nc(NCCOCCOC)nc(OC)n1. The molecule has 8 nitrogen and oxygen atoms in total. The van der Waals surface area contributed by atoms with Gasteiger partial charge in [0.2, 0.25) is 11.9 Å². The van der Waals surface area contributed by atoms with Crippen LogP contribution in [0.5, 0.6) is 6.01 Å². The summed E-state index contributed by atoms with van der Waals surface area (Å²) in [6.07, 6.45) is 0. The summed E-state index contributed by atoms with van der Waals surface area (Å²) in [6.45, 7) is 2.30. The van der Waals surface area contributed by atoms with Crippen molar-refractivity contribution in [2.75, 3.05) is 58.3 Å². The van der Waals surface area contributed by atoms with Gasteiger partial charge >= 0.3 is 6.01 Å². The highest BCUT2D eigenvalue weighted by molar-refractivity contribution is 5.35. The summed E-state index contributed by atoms with van der Waals surface area (Å²) in [7, 11) is 4.87. The lowest BCUT2D eigenvalue weighted by molar-refractivity contribution is 0.0758. The maximum Gasteiger partial charge on any atom is 0.322 e. The zero-order chi connectivity index (χ0) is 13.2. The van der Waals surface area contributed by atoms with Crippen molar-refractivity contribution < 1.29 is 14.2 Å². The molecule has 0 unspecified atom stereocenters. The lowest BCUT2D eigenvalue weighted by Crippen LogP contribution is -2.14. The van der Waals surface area contributed by atoms with Crippen molar-refractivity contribution in [1.29, 1.82) is 0 Å². The van der Waals surface area contributed by atoms with Gasteiger partial charge in [-0.3, -0.25) is 0 Å². The molecule has 0 saturated carbocycles. The van der Waals surface area contributed by atoms with Gasteiger partial charge in [0.15, 0.2) is 0 Å². The van der Waals surface area contributed by atoms with E-state index in [-0.39, 0.29) is 6.01 Å². The van der Waals surface area contributed by atoms with Crippen molar-refractivity contribution in [2.24, 2.45) is 0 Å². The van der Waals surface area contributed by atoms with Crippen LogP contribution in [0.15, 0.2) is 0 Å². The molecule has 0 atom stereocenters. The van der Waals surface area contributed by atoms with Gasteiger partial charge in [0.25, 0.3) is 0 Å². The second-order valence-electron chi connectivity index (χ2n) is 3.25. The molecule has 0 aliphatic rings. The summed E-state index contributed by atoms with van der Waals surface area (Å²) in [5.41, 5.74) is 0. The average molecular weight is 257 g/mol. The molecule has 0 aliphatic heterocycles. The molecule has 8 heteroatoms. The van der Waals surface area contributed by atoms with Gasteiger partial charge in [0.05, 0.1) is 26.9 Å². The predicted octanol–water partition coefficient (Wildman–Crippen LogP) is -0.00320. The van der Waals surface area contributed by atoms with E-state index in [1.165, 1.54) is 7.11 Å². The Morgan fingerprint density at radius 1 is 1.00 bits per heavy atom. The average Bonchev–Trinajstić information content (AvgIpc) is 2.42. The fourth-order valence-corrected chi connectivity index (χ4v) is 1.12. The molecule has 102 valence electrons. The third-order valence-corrected chi connectivity index (χ3v) is 1.98. The minimum absolute atomic E-state index is 0.261. The van der Waals surface area contributed by atoms with E-state index in [9.17, 15) is 0 Å². The molecule has 1 rings (SSSR count). The van der Waals surface area contributed by atoms with Crippen LogP contribution < -0.4 is 15.4 Å². The van der Waals surface area contributed by atoms with Gasteiger partial charge in [-0.25, -0.2) is 0 Å². The van der Waals surface area contributed by atoms with Gasteiger partial charge in [-0.2, -0.15) is 15.0 Å². The van der Waals surface area contributed by atoms with Gasteiger partial charge in [-0.1, -0.05) is 0 Å². The van der Waals surface area contributed by atoms with Crippen LogP contribution in [0.1, 0.15) is 0 Å². The number of hydrogen-bond acceptors (Lipinski definition) is 8. The molecule has 0 radical (unpaired) electrons. The van der Waals surface area contributed by atoms with Crippen molar-refractivity contribution in [2.45, 2.75) is 0 Å². The van der Waals surface area contributed by atoms with Crippen LogP contribution in [0.3, 0.4) is 0 Å². The topological polar surface area (TPSA) is 90.4 Å². The van der Waals surface area contributed by atoms with Gasteiger partial charge < -0.3 is 24.8 Å². The van der Waals surface area contributed by atoms with E-state index in [0.29, 0.717) is 38.3 Å². The zero-order valence-electron chi connectivity index (χ0n) is 10.9. The molecule has 2 N–H and O–H groups in total. The van der Waals surface area contributed by atoms with Crippen LogP contribution >= 0.6 is 0 Å². The van der Waals surface area contributed by atoms with E-state index >= 15 is 0 Å². The highest BCUT2D eigenvalue weighted by Gasteiger charge is 2.04. The molecule has 0 bridgehead atoms. The first-order chi connectivity index (χ1) is 8.80. The first-order valence-electron chi connectivity index (χ1n) is 5.58. The largest absolute Gasteiger partial charge is 0.467 e. The van der Waals surface area contributed by atoms with E-state index < -0.39 is 0 Å². The van der Waals surface area contributed by atoms with Crippen LogP contribution in [-0.2, 0) is 9.47 Å². The molecule has 18 heavy (non-hydrogen) atoms. The maximum absolute atomic E-state index is 5.30. The van der Waals surface area contributed by atoms with Gasteiger partial charge in [0, 0.05) is 20.7 Å². The molecular formula is C10H19N5O3. The molecule has 0 spiro atoms. The van der Waals surface area contributed by atoms with Gasteiger partial charge in [0.1, 0.15) is 0 Å². The fraction of sp³-hybridized carbons (Fsp3) is 0.700. The smallest absolute Gasteiger partial charge is 0.322 e. The summed E-state index contributed by atoms with van der Waals surface area (Å²) < 4.78 is 15.1. The number of hydrogen-bond donors (Lipinski definition) is 2. The van der Waals surface area contributed by atoms with Gasteiger partial charge in [-0.05, 0) is 0 Å². The van der Waals surface area contributed by atoms with E-state index in [0.717, 1.165) is 0 Å². The van der Waals surface area contributed by atoms with Crippen LogP contribution in [-0.4, -0.2) is 62.6 Å². The molecule has 0 amide bonds. The number of ether oxygens (including phenoxy) is 3. The van der Waals surface area contributed by atoms with E-state index in [2.05, 4.69) is 25.6 Å². The van der Waals surface area contributed by atoms with Crippen molar-refractivity contribution in [3.8, 4) is 6.01 Å². The Morgan fingerprint density at radius 2 is 1.78 bits per heavy atom. The zero-order valence-corrected chi connectivity index (χ0v) is 10.9. The Kier molecular flexibility index (Phi) is 6.74. The first kappa shape index (κ1) is 14.4. The Hall–Kier alpha value is -1.67. The molecule has 1 heterocycles. The van der Waals surface area contributed by atoms with Crippen molar-refractivity contribution >= 4 is 11.9 Å². The lowest BCUT2D eigenvalue weighted by Gasteiger charge is -2.08. The summed E-state index contributed by atoms with van der Waals surface area (Å²) in [4.78, 5) is 12.2. The highest BCUT2D eigenvalue weighted by atomic mass is 16.5. The Labute approximate surface area is 106 Å². The highest BCUT2D eigenvalue weighted by Crippen LogP contribution is 2.09. The van der Waals surface area contributed by atoms with Crippen LogP contribution in [0.4, 0.5) is 11.9 Å². The number of nitrogens with one attached hydrogen (secondary N) is 2. The Balaban J connectivity index is 2.36. The molecule has 0 aromatic carbocycles.